The van der Waals surface area contributed by atoms with Crippen LogP contribution in [0.5, 0.6) is 0 Å². The normalized spacial score (nSPS) is 10.1. The van der Waals surface area contributed by atoms with Crippen molar-refractivity contribution >= 4 is 29.2 Å². The molecular formula is C12H10ClN3O2. The molecule has 6 heteroatoms. The van der Waals surface area contributed by atoms with Gasteiger partial charge in [-0.05, 0) is 24.6 Å². The summed E-state index contributed by atoms with van der Waals surface area (Å²) in [4.78, 5) is 18.5. The highest BCUT2D eigenvalue weighted by molar-refractivity contribution is 6.31. The van der Waals surface area contributed by atoms with Crippen molar-refractivity contribution in [2.24, 2.45) is 0 Å². The molecular weight excluding hydrogens is 254 g/mol. The van der Waals surface area contributed by atoms with Crippen LogP contribution in [0.4, 0.5) is 11.6 Å². The summed E-state index contributed by atoms with van der Waals surface area (Å²) in [6.45, 7) is 1.87. The molecule has 2 rings (SSSR count). The number of anilines is 2. The van der Waals surface area contributed by atoms with E-state index in [1.807, 2.05) is 19.1 Å². The Bertz CT molecular complexity index is 584. The number of hydrogen-bond acceptors (Lipinski definition) is 4. The molecule has 0 spiro atoms. The van der Waals surface area contributed by atoms with Gasteiger partial charge < -0.3 is 10.4 Å². The highest BCUT2D eigenvalue weighted by atomic mass is 35.5. The summed E-state index contributed by atoms with van der Waals surface area (Å²) in [6.07, 6.45) is 2.50. The minimum Gasteiger partial charge on any atom is -0.478 e. The monoisotopic (exact) mass is 263 g/mol. The first-order chi connectivity index (χ1) is 8.58. The molecule has 0 atom stereocenters. The number of carboxylic acid groups (broad SMARTS) is 1. The maximum atomic E-state index is 10.7. The van der Waals surface area contributed by atoms with E-state index in [1.54, 1.807) is 6.07 Å². The SMILES string of the molecule is Cc1c(Cl)cccc1Nc1ncc(C(=O)O)cn1. The third-order valence-corrected chi connectivity index (χ3v) is 2.82. The van der Waals surface area contributed by atoms with Gasteiger partial charge in [-0.1, -0.05) is 17.7 Å². The lowest BCUT2D eigenvalue weighted by Crippen LogP contribution is -2.02. The van der Waals surface area contributed by atoms with Crippen molar-refractivity contribution in [1.29, 1.82) is 0 Å². The molecule has 0 unspecified atom stereocenters. The molecule has 0 radical (unpaired) electrons. The molecule has 0 aliphatic heterocycles. The van der Waals surface area contributed by atoms with Crippen molar-refractivity contribution in [3.05, 3.63) is 46.7 Å². The van der Waals surface area contributed by atoms with Gasteiger partial charge in [0.25, 0.3) is 0 Å². The zero-order chi connectivity index (χ0) is 13.1. The second-order valence-corrected chi connectivity index (χ2v) is 4.05. The van der Waals surface area contributed by atoms with E-state index in [2.05, 4.69) is 15.3 Å². The number of carboxylic acids is 1. The molecule has 2 aromatic rings. The molecule has 1 aromatic heterocycles. The van der Waals surface area contributed by atoms with Gasteiger partial charge in [0.05, 0.1) is 5.56 Å². The maximum absolute atomic E-state index is 10.7. The van der Waals surface area contributed by atoms with Gasteiger partial charge in [0.1, 0.15) is 0 Å². The summed E-state index contributed by atoms with van der Waals surface area (Å²) in [6, 6.07) is 5.44. The van der Waals surface area contributed by atoms with Crippen LogP contribution in [-0.2, 0) is 0 Å². The van der Waals surface area contributed by atoms with Crippen LogP contribution in [0.2, 0.25) is 5.02 Å². The van der Waals surface area contributed by atoms with Gasteiger partial charge in [0.2, 0.25) is 5.95 Å². The predicted molar refractivity (Wildman–Crippen MR) is 68.5 cm³/mol. The number of benzene rings is 1. The summed E-state index contributed by atoms with van der Waals surface area (Å²) >= 11 is 5.99. The Hall–Kier alpha value is -2.14. The number of halogens is 1. The predicted octanol–water partition coefficient (Wildman–Crippen LogP) is 2.88. The van der Waals surface area contributed by atoms with Crippen molar-refractivity contribution in [3.63, 3.8) is 0 Å². The average Bonchev–Trinajstić information content (AvgIpc) is 2.36. The van der Waals surface area contributed by atoms with Crippen molar-refractivity contribution in [2.75, 3.05) is 5.32 Å². The zero-order valence-corrected chi connectivity index (χ0v) is 10.3. The molecule has 0 saturated carbocycles. The van der Waals surface area contributed by atoms with Gasteiger partial charge in [0.15, 0.2) is 0 Å². The van der Waals surface area contributed by atoms with Crippen molar-refractivity contribution < 1.29 is 9.90 Å². The van der Waals surface area contributed by atoms with Crippen molar-refractivity contribution in [3.8, 4) is 0 Å². The number of nitrogens with one attached hydrogen (secondary N) is 1. The van der Waals surface area contributed by atoms with Crippen molar-refractivity contribution in [1.82, 2.24) is 9.97 Å². The van der Waals surface area contributed by atoms with Gasteiger partial charge in [0, 0.05) is 23.1 Å². The van der Waals surface area contributed by atoms with Gasteiger partial charge in [-0.2, -0.15) is 0 Å². The molecule has 92 valence electrons. The Labute approximate surface area is 108 Å². The van der Waals surface area contributed by atoms with Gasteiger partial charge in [-0.3, -0.25) is 0 Å². The maximum Gasteiger partial charge on any atom is 0.338 e. The fraction of sp³-hybridized carbons (Fsp3) is 0.0833. The van der Waals surface area contributed by atoms with Crippen LogP contribution in [0.3, 0.4) is 0 Å². The third kappa shape index (κ3) is 2.57. The molecule has 18 heavy (non-hydrogen) atoms. The first kappa shape index (κ1) is 12.3. The minimum absolute atomic E-state index is 0.0448. The van der Waals surface area contributed by atoms with Gasteiger partial charge >= 0.3 is 5.97 Å². The second-order valence-electron chi connectivity index (χ2n) is 3.64. The smallest absolute Gasteiger partial charge is 0.338 e. The number of nitrogens with zero attached hydrogens (tertiary/aromatic N) is 2. The third-order valence-electron chi connectivity index (χ3n) is 2.41. The molecule has 0 amide bonds. The highest BCUT2D eigenvalue weighted by Crippen LogP contribution is 2.24. The van der Waals surface area contributed by atoms with Crippen LogP contribution in [0.1, 0.15) is 15.9 Å². The Morgan fingerprint density at radius 2 is 2.00 bits per heavy atom. The first-order valence-electron chi connectivity index (χ1n) is 5.15. The zero-order valence-electron chi connectivity index (χ0n) is 9.51. The first-order valence-corrected chi connectivity index (χ1v) is 5.53. The Balaban J connectivity index is 2.24. The Morgan fingerprint density at radius 1 is 1.33 bits per heavy atom. The van der Waals surface area contributed by atoms with E-state index in [1.165, 1.54) is 12.4 Å². The molecule has 0 fully saturated rings. The fourth-order valence-corrected chi connectivity index (χ4v) is 1.54. The Kier molecular flexibility index (Phi) is 3.43. The number of aromatic carboxylic acids is 1. The van der Waals surface area contributed by atoms with Crippen LogP contribution in [0.25, 0.3) is 0 Å². The van der Waals surface area contributed by atoms with E-state index < -0.39 is 5.97 Å². The van der Waals surface area contributed by atoms with Gasteiger partial charge in [-0.15, -0.1) is 0 Å². The largest absolute Gasteiger partial charge is 0.478 e. The van der Waals surface area contributed by atoms with E-state index in [4.69, 9.17) is 16.7 Å². The lowest BCUT2D eigenvalue weighted by atomic mass is 10.2. The quantitative estimate of drug-likeness (QED) is 0.891. The van der Waals surface area contributed by atoms with E-state index in [-0.39, 0.29) is 5.56 Å². The summed E-state index contributed by atoms with van der Waals surface area (Å²) < 4.78 is 0. The highest BCUT2D eigenvalue weighted by Gasteiger charge is 2.06. The number of hydrogen-bond donors (Lipinski definition) is 2. The van der Waals surface area contributed by atoms with Crippen LogP contribution in [0, 0.1) is 6.92 Å². The summed E-state index contributed by atoms with van der Waals surface area (Å²) in [5.41, 5.74) is 1.71. The van der Waals surface area contributed by atoms with E-state index in [0.717, 1.165) is 11.3 Å². The lowest BCUT2D eigenvalue weighted by Gasteiger charge is -2.08. The average molecular weight is 264 g/mol. The molecule has 0 bridgehead atoms. The number of carbonyl (C=O) groups is 1. The molecule has 1 heterocycles. The van der Waals surface area contributed by atoms with Crippen LogP contribution >= 0.6 is 11.6 Å². The van der Waals surface area contributed by atoms with E-state index in [9.17, 15) is 4.79 Å². The van der Waals surface area contributed by atoms with Gasteiger partial charge in [-0.25, -0.2) is 14.8 Å². The molecule has 5 nitrogen and oxygen atoms in total. The fourth-order valence-electron chi connectivity index (χ4n) is 1.37. The summed E-state index contributed by atoms with van der Waals surface area (Å²) in [7, 11) is 0. The van der Waals surface area contributed by atoms with Crippen LogP contribution in [-0.4, -0.2) is 21.0 Å². The topological polar surface area (TPSA) is 75.1 Å². The molecule has 0 aliphatic carbocycles. The lowest BCUT2D eigenvalue weighted by molar-refractivity contribution is 0.0696. The molecule has 2 N–H and O–H groups in total. The number of rotatable bonds is 3. The molecule has 1 aromatic carbocycles. The van der Waals surface area contributed by atoms with E-state index in [0.29, 0.717) is 11.0 Å². The summed E-state index contributed by atoms with van der Waals surface area (Å²) in [5.74, 6) is -0.731. The molecule has 0 saturated heterocycles. The Morgan fingerprint density at radius 3 is 2.61 bits per heavy atom. The second kappa shape index (κ2) is 5.01. The summed E-state index contributed by atoms with van der Waals surface area (Å²) in [5, 5.41) is 12.3. The van der Waals surface area contributed by atoms with Crippen LogP contribution in [0.15, 0.2) is 30.6 Å². The molecule has 0 aliphatic rings. The van der Waals surface area contributed by atoms with E-state index >= 15 is 0 Å². The van der Waals surface area contributed by atoms with Crippen molar-refractivity contribution in [2.45, 2.75) is 6.92 Å². The minimum atomic E-state index is -1.06. The van der Waals surface area contributed by atoms with Crippen LogP contribution < -0.4 is 5.32 Å². The number of aromatic nitrogens is 2. The standard InChI is InChI=1S/C12H10ClN3O2/c1-7-9(13)3-2-4-10(7)16-12-14-5-8(6-15-12)11(17)18/h2-6H,1H3,(H,17,18)(H,14,15,16).